The molecule has 0 radical (unpaired) electrons. The molecule has 0 N–H and O–H groups in total. The van der Waals surface area contributed by atoms with Gasteiger partial charge in [-0.25, -0.2) is 9.97 Å². The summed E-state index contributed by atoms with van der Waals surface area (Å²) < 4.78 is 9.85. The first-order valence-electron chi connectivity index (χ1n) is 9.60. The third kappa shape index (κ3) is 2.51. The maximum atomic E-state index is 11.7. The fourth-order valence-electron chi connectivity index (χ4n) is 4.41. The minimum atomic E-state index is -0.326. The lowest BCUT2D eigenvalue weighted by molar-refractivity contribution is -0.131. The highest BCUT2D eigenvalue weighted by molar-refractivity contribution is 6.00. The second-order valence-electron chi connectivity index (χ2n) is 7.40. The van der Waals surface area contributed by atoms with Gasteiger partial charge in [0.2, 0.25) is 0 Å². The first-order valence-corrected chi connectivity index (χ1v) is 9.60. The number of fused-ring (bicyclic) bond motifs is 5. The zero-order valence-corrected chi connectivity index (χ0v) is 15.6. The van der Waals surface area contributed by atoms with Crippen LogP contribution in [-0.4, -0.2) is 24.9 Å². The molecule has 0 unspecified atom stereocenters. The van der Waals surface area contributed by atoms with E-state index in [1.807, 2.05) is 37.4 Å². The lowest BCUT2D eigenvalue weighted by Crippen LogP contribution is -2.12. The van der Waals surface area contributed by atoms with Crippen LogP contribution in [0, 0.1) is 6.92 Å². The summed E-state index contributed by atoms with van der Waals surface area (Å²) in [5.41, 5.74) is 3.58. The molecule has 3 aromatic heterocycles. The van der Waals surface area contributed by atoms with Gasteiger partial charge < -0.3 is 9.30 Å². The Kier molecular flexibility index (Phi) is 3.67. The average Bonchev–Trinajstić information content (AvgIpc) is 3.21. The van der Waals surface area contributed by atoms with Crippen molar-refractivity contribution in [2.45, 2.75) is 52.0 Å². The summed E-state index contributed by atoms with van der Waals surface area (Å²) in [6.45, 7) is 3.44. The lowest BCUT2D eigenvalue weighted by atomic mass is 9.95. The van der Waals surface area contributed by atoms with Crippen LogP contribution in [-0.2, 0) is 4.79 Å². The van der Waals surface area contributed by atoms with E-state index in [0.29, 0.717) is 11.8 Å². The molecular formula is C21H22N4O2. The fraction of sp³-hybridized carbons (Fsp3) is 0.381. The van der Waals surface area contributed by atoms with Gasteiger partial charge in [-0.15, -0.1) is 0 Å². The van der Waals surface area contributed by atoms with Crippen LogP contribution < -0.4 is 4.74 Å². The van der Waals surface area contributed by atoms with Gasteiger partial charge in [-0.3, -0.25) is 9.20 Å². The molecule has 1 aliphatic rings. The molecule has 4 aromatic rings. The Balaban J connectivity index is 1.86. The van der Waals surface area contributed by atoms with E-state index in [-0.39, 0.29) is 5.97 Å². The number of aryl methyl sites for hydroxylation is 1. The molecule has 0 bridgehead atoms. The maximum Gasteiger partial charge on any atom is 0.308 e. The Labute approximate surface area is 156 Å². The van der Waals surface area contributed by atoms with Gasteiger partial charge in [-0.05, 0) is 31.9 Å². The van der Waals surface area contributed by atoms with Crippen LogP contribution in [0.4, 0.5) is 0 Å². The maximum absolute atomic E-state index is 11.7. The molecule has 27 heavy (non-hydrogen) atoms. The summed E-state index contributed by atoms with van der Waals surface area (Å²) in [5, 5.41) is 0.817. The molecule has 0 saturated heterocycles. The summed E-state index contributed by atoms with van der Waals surface area (Å²) in [4.78, 5) is 21.5. The Morgan fingerprint density at radius 3 is 2.67 bits per heavy atom. The van der Waals surface area contributed by atoms with Crippen LogP contribution >= 0.6 is 0 Å². The first-order chi connectivity index (χ1) is 13.1. The Morgan fingerprint density at radius 2 is 1.89 bits per heavy atom. The van der Waals surface area contributed by atoms with E-state index in [1.165, 1.54) is 26.2 Å². The second kappa shape index (κ2) is 6.08. The third-order valence-corrected chi connectivity index (χ3v) is 5.57. The molecule has 0 aliphatic heterocycles. The minimum Gasteiger partial charge on any atom is -0.424 e. The van der Waals surface area contributed by atoms with Gasteiger partial charge in [0.05, 0.1) is 11.0 Å². The van der Waals surface area contributed by atoms with Crippen molar-refractivity contribution >= 4 is 33.7 Å². The summed E-state index contributed by atoms with van der Waals surface area (Å²) in [5.74, 6) is 1.11. The normalized spacial score (nSPS) is 15.8. The Bertz CT molecular complexity index is 1180. The molecule has 0 atom stereocenters. The summed E-state index contributed by atoms with van der Waals surface area (Å²) in [7, 11) is 0. The van der Waals surface area contributed by atoms with Crippen LogP contribution in [0.3, 0.4) is 0 Å². The highest BCUT2D eigenvalue weighted by Gasteiger charge is 2.24. The molecule has 6 nitrogen and oxygen atoms in total. The second-order valence-corrected chi connectivity index (χ2v) is 7.40. The van der Waals surface area contributed by atoms with Crippen molar-refractivity contribution in [2.75, 3.05) is 0 Å². The molecule has 6 heteroatoms. The van der Waals surface area contributed by atoms with Gasteiger partial charge in [0.15, 0.2) is 11.4 Å². The number of imidazole rings is 1. The lowest BCUT2D eigenvalue weighted by Gasteiger charge is -2.23. The van der Waals surface area contributed by atoms with Gasteiger partial charge in [0.25, 0.3) is 0 Å². The van der Waals surface area contributed by atoms with Crippen molar-refractivity contribution in [1.29, 1.82) is 0 Å². The number of hydrogen-bond acceptors (Lipinski definition) is 4. The van der Waals surface area contributed by atoms with Gasteiger partial charge in [0.1, 0.15) is 16.9 Å². The van der Waals surface area contributed by atoms with Crippen molar-refractivity contribution in [2.24, 2.45) is 0 Å². The zero-order chi connectivity index (χ0) is 18.5. The van der Waals surface area contributed by atoms with Crippen LogP contribution in [0.1, 0.15) is 50.9 Å². The predicted octanol–water partition coefficient (Wildman–Crippen LogP) is 4.58. The van der Waals surface area contributed by atoms with Gasteiger partial charge >= 0.3 is 5.97 Å². The number of carbonyl (C=O) groups excluding carboxylic acids is 1. The van der Waals surface area contributed by atoms with E-state index in [2.05, 4.69) is 8.97 Å². The van der Waals surface area contributed by atoms with E-state index in [9.17, 15) is 4.79 Å². The third-order valence-electron chi connectivity index (χ3n) is 5.57. The number of nitrogens with zero attached hydrogens (tertiary/aromatic N) is 4. The summed E-state index contributed by atoms with van der Waals surface area (Å²) in [6, 6.07) is 8.41. The number of ether oxygens (including phenoxy) is 1. The van der Waals surface area contributed by atoms with Crippen molar-refractivity contribution in [1.82, 2.24) is 18.9 Å². The molecule has 138 valence electrons. The Morgan fingerprint density at radius 1 is 1.11 bits per heavy atom. The van der Waals surface area contributed by atoms with Crippen LogP contribution in [0.15, 0.2) is 30.5 Å². The molecule has 3 heterocycles. The highest BCUT2D eigenvalue weighted by Crippen LogP contribution is 2.38. The smallest absolute Gasteiger partial charge is 0.308 e. The van der Waals surface area contributed by atoms with Crippen LogP contribution in [0.25, 0.3) is 27.7 Å². The van der Waals surface area contributed by atoms with Crippen molar-refractivity contribution in [3.63, 3.8) is 0 Å². The standard InChI is InChI=1S/C21H22N4O2/c1-13-22-20-19(21-23-16-10-6-7-11-17(16)25(13)21)18(27-14(2)26)12-24(20)15-8-4-3-5-9-15/h6-7,10-12,15H,3-5,8-9H2,1-2H3. The van der Waals surface area contributed by atoms with E-state index in [4.69, 9.17) is 14.7 Å². The molecular weight excluding hydrogens is 340 g/mol. The molecule has 5 rings (SSSR count). The van der Waals surface area contributed by atoms with Gasteiger partial charge in [0, 0.05) is 19.2 Å². The molecule has 1 aliphatic carbocycles. The molecule has 1 saturated carbocycles. The molecule has 0 spiro atoms. The van der Waals surface area contributed by atoms with Crippen molar-refractivity contribution < 1.29 is 9.53 Å². The van der Waals surface area contributed by atoms with Gasteiger partial charge in [-0.1, -0.05) is 31.4 Å². The topological polar surface area (TPSA) is 61.4 Å². The monoisotopic (exact) mass is 362 g/mol. The SMILES string of the molecule is CC(=O)Oc1cn(C2CCCCC2)c2nc(C)n3c4ccccc4nc3c12. The number of benzene rings is 1. The first kappa shape index (κ1) is 16.3. The summed E-state index contributed by atoms with van der Waals surface area (Å²) >= 11 is 0. The van der Waals surface area contributed by atoms with E-state index < -0.39 is 0 Å². The number of hydrogen-bond donors (Lipinski definition) is 0. The highest BCUT2D eigenvalue weighted by atomic mass is 16.5. The van der Waals surface area contributed by atoms with Crippen LogP contribution in [0.2, 0.25) is 0 Å². The van der Waals surface area contributed by atoms with E-state index in [0.717, 1.165) is 46.4 Å². The number of aromatic nitrogens is 4. The van der Waals surface area contributed by atoms with E-state index in [1.54, 1.807) is 0 Å². The molecule has 1 aromatic carbocycles. The zero-order valence-electron chi connectivity index (χ0n) is 15.6. The number of para-hydroxylation sites is 2. The number of rotatable bonds is 2. The van der Waals surface area contributed by atoms with E-state index >= 15 is 0 Å². The van der Waals surface area contributed by atoms with Crippen molar-refractivity contribution in [3.05, 3.63) is 36.3 Å². The molecule has 0 amide bonds. The van der Waals surface area contributed by atoms with Crippen molar-refractivity contribution in [3.8, 4) is 5.75 Å². The average molecular weight is 362 g/mol. The minimum absolute atomic E-state index is 0.326. The fourth-order valence-corrected chi connectivity index (χ4v) is 4.41. The van der Waals surface area contributed by atoms with Gasteiger partial charge in [-0.2, -0.15) is 0 Å². The number of esters is 1. The quantitative estimate of drug-likeness (QED) is 0.490. The molecule has 1 fully saturated rings. The summed E-state index contributed by atoms with van der Waals surface area (Å²) in [6.07, 6.45) is 7.95. The number of carbonyl (C=O) groups is 1. The predicted molar refractivity (Wildman–Crippen MR) is 104 cm³/mol. The Hall–Kier alpha value is -2.89. The van der Waals surface area contributed by atoms with Crippen LogP contribution in [0.5, 0.6) is 5.75 Å². The largest absolute Gasteiger partial charge is 0.424 e.